The number of carbonyl (C=O) groups is 2. The topological polar surface area (TPSA) is 85.6 Å². The summed E-state index contributed by atoms with van der Waals surface area (Å²) in [4.78, 5) is 39.3. The van der Waals surface area contributed by atoms with Gasteiger partial charge in [-0.3, -0.25) is 14.3 Å². The number of benzene rings is 2. The lowest BCUT2D eigenvalue weighted by Gasteiger charge is -2.13. The molecule has 3 aromatic rings. The Morgan fingerprint density at radius 2 is 1.77 bits per heavy atom. The van der Waals surface area contributed by atoms with Gasteiger partial charge in [-0.05, 0) is 37.3 Å². The summed E-state index contributed by atoms with van der Waals surface area (Å²) < 4.78 is 8.23. The fourth-order valence-corrected chi connectivity index (χ4v) is 3.01. The van der Waals surface area contributed by atoms with E-state index in [1.807, 2.05) is 43.3 Å². The highest BCUT2D eigenvalue weighted by atomic mass is 16.5. The van der Waals surface area contributed by atoms with E-state index in [1.165, 1.54) is 4.68 Å². The molecule has 8 nitrogen and oxygen atoms in total. The number of carbonyl (C=O) groups excluding carboxylic acids is 2. The molecular formula is C22H24N4O4. The van der Waals surface area contributed by atoms with E-state index >= 15 is 0 Å². The second-order valence-corrected chi connectivity index (χ2v) is 7.01. The standard InChI is InChI=1S/C22H24N4O4/c1-15-20(21(28)26(25(15)4)17-10-6-5-7-11-17)23-19(27)14-30-22(29)16-9-8-12-18(13-16)24(2)3/h5-13H,14H2,1-4H3,(H,23,27). The molecule has 30 heavy (non-hydrogen) atoms. The third-order valence-corrected chi connectivity index (χ3v) is 4.75. The molecule has 0 aliphatic rings. The van der Waals surface area contributed by atoms with Crippen LogP contribution in [0.5, 0.6) is 0 Å². The molecule has 0 aliphatic heterocycles. The van der Waals surface area contributed by atoms with Gasteiger partial charge in [0.15, 0.2) is 6.61 Å². The summed E-state index contributed by atoms with van der Waals surface area (Å²) in [6.45, 7) is 1.24. The van der Waals surface area contributed by atoms with Crippen LogP contribution in [0, 0.1) is 6.92 Å². The Kier molecular flexibility index (Phi) is 6.06. The van der Waals surface area contributed by atoms with Crippen molar-refractivity contribution in [1.29, 1.82) is 0 Å². The van der Waals surface area contributed by atoms with E-state index < -0.39 is 18.5 Å². The predicted octanol–water partition coefficient (Wildman–Crippen LogP) is 2.35. The molecule has 0 spiro atoms. The Morgan fingerprint density at radius 1 is 1.07 bits per heavy atom. The predicted molar refractivity (Wildman–Crippen MR) is 115 cm³/mol. The molecular weight excluding hydrogens is 384 g/mol. The van der Waals surface area contributed by atoms with Crippen molar-refractivity contribution in [2.45, 2.75) is 6.92 Å². The van der Waals surface area contributed by atoms with Crippen molar-refractivity contribution in [3.8, 4) is 5.69 Å². The van der Waals surface area contributed by atoms with Gasteiger partial charge in [0.1, 0.15) is 5.69 Å². The van der Waals surface area contributed by atoms with Crippen LogP contribution in [0.25, 0.3) is 5.69 Å². The highest BCUT2D eigenvalue weighted by molar-refractivity contribution is 5.96. The van der Waals surface area contributed by atoms with Crippen LogP contribution < -0.4 is 15.8 Å². The lowest BCUT2D eigenvalue weighted by atomic mass is 10.2. The van der Waals surface area contributed by atoms with Gasteiger partial charge in [0.2, 0.25) is 0 Å². The first kappa shape index (κ1) is 20.9. The van der Waals surface area contributed by atoms with E-state index in [2.05, 4.69) is 5.32 Å². The Morgan fingerprint density at radius 3 is 2.43 bits per heavy atom. The highest BCUT2D eigenvalue weighted by Crippen LogP contribution is 2.15. The highest BCUT2D eigenvalue weighted by Gasteiger charge is 2.19. The summed E-state index contributed by atoms with van der Waals surface area (Å²) >= 11 is 0. The molecule has 1 aromatic heterocycles. The fraction of sp³-hybridized carbons (Fsp3) is 0.227. The van der Waals surface area contributed by atoms with Gasteiger partial charge in [0.05, 0.1) is 16.9 Å². The molecule has 0 radical (unpaired) electrons. The molecule has 1 heterocycles. The first-order valence-electron chi connectivity index (χ1n) is 9.38. The summed E-state index contributed by atoms with van der Waals surface area (Å²) in [6.07, 6.45) is 0. The summed E-state index contributed by atoms with van der Waals surface area (Å²) in [7, 11) is 5.46. The maximum Gasteiger partial charge on any atom is 0.338 e. The first-order valence-corrected chi connectivity index (χ1v) is 9.38. The van der Waals surface area contributed by atoms with Crippen molar-refractivity contribution in [2.24, 2.45) is 7.05 Å². The van der Waals surface area contributed by atoms with Gasteiger partial charge in [0, 0.05) is 26.8 Å². The number of anilines is 2. The third kappa shape index (κ3) is 4.27. The molecule has 3 rings (SSSR count). The quantitative estimate of drug-likeness (QED) is 0.633. The minimum atomic E-state index is -0.611. The zero-order valence-corrected chi connectivity index (χ0v) is 17.4. The molecule has 0 saturated heterocycles. The van der Waals surface area contributed by atoms with Crippen LogP contribution in [0.1, 0.15) is 16.1 Å². The van der Waals surface area contributed by atoms with Gasteiger partial charge in [-0.25, -0.2) is 9.48 Å². The van der Waals surface area contributed by atoms with Gasteiger partial charge in [0.25, 0.3) is 11.5 Å². The van der Waals surface area contributed by atoms with E-state index in [4.69, 9.17) is 4.74 Å². The van der Waals surface area contributed by atoms with Gasteiger partial charge in [-0.1, -0.05) is 24.3 Å². The van der Waals surface area contributed by atoms with Gasteiger partial charge >= 0.3 is 5.97 Å². The largest absolute Gasteiger partial charge is 0.452 e. The number of hydrogen-bond donors (Lipinski definition) is 1. The maximum atomic E-state index is 12.8. The monoisotopic (exact) mass is 408 g/mol. The number of hydrogen-bond acceptors (Lipinski definition) is 5. The Hall–Kier alpha value is -3.81. The fourth-order valence-electron chi connectivity index (χ4n) is 3.01. The molecule has 1 N–H and O–H groups in total. The number of ether oxygens (including phenoxy) is 1. The minimum absolute atomic E-state index is 0.150. The van der Waals surface area contributed by atoms with Crippen LogP contribution in [0.15, 0.2) is 59.4 Å². The second kappa shape index (κ2) is 8.69. The van der Waals surface area contributed by atoms with Crippen molar-refractivity contribution in [3.05, 3.63) is 76.2 Å². The molecule has 0 atom stereocenters. The lowest BCUT2D eigenvalue weighted by Crippen LogP contribution is -2.25. The van der Waals surface area contributed by atoms with Gasteiger partial charge in [-0.15, -0.1) is 0 Å². The van der Waals surface area contributed by atoms with E-state index in [0.29, 0.717) is 16.9 Å². The number of para-hydroxylation sites is 1. The Labute approximate surface area is 174 Å². The van der Waals surface area contributed by atoms with E-state index in [0.717, 1.165) is 5.69 Å². The van der Waals surface area contributed by atoms with Crippen molar-refractivity contribution in [2.75, 3.05) is 30.9 Å². The second-order valence-electron chi connectivity index (χ2n) is 7.01. The van der Waals surface area contributed by atoms with Crippen LogP contribution in [0.4, 0.5) is 11.4 Å². The van der Waals surface area contributed by atoms with Crippen molar-refractivity contribution in [3.63, 3.8) is 0 Å². The van der Waals surface area contributed by atoms with Crippen LogP contribution >= 0.6 is 0 Å². The molecule has 156 valence electrons. The zero-order valence-electron chi connectivity index (χ0n) is 17.4. The van der Waals surface area contributed by atoms with E-state index in [1.54, 1.807) is 49.0 Å². The van der Waals surface area contributed by atoms with Crippen molar-refractivity contribution in [1.82, 2.24) is 9.36 Å². The van der Waals surface area contributed by atoms with Gasteiger partial charge < -0.3 is 15.0 Å². The summed E-state index contributed by atoms with van der Waals surface area (Å²) in [6, 6.07) is 16.0. The lowest BCUT2D eigenvalue weighted by molar-refractivity contribution is -0.119. The number of nitrogens with one attached hydrogen (secondary N) is 1. The Balaban J connectivity index is 1.71. The van der Waals surface area contributed by atoms with Crippen molar-refractivity contribution >= 4 is 23.3 Å². The third-order valence-electron chi connectivity index (χ3n) is 4.75. The maximum absolute atomic E-state index is 12.8. The summed E-state index contributed by atoms with van der Waals surface area (Å²) in [5, 5.41) is 2.57. The van der Waals surface area contributed by atoms with Crippen LogP contribution in [-0.4, -0.2) is 41.9 Å². The number of esters is 1. The molecule has 0 aliphatic carbocycles. The first-order chi connectivity index (χ1) is 14.3. The molecule has 1 amide bonds. The number of aromatic nitrogens is 2. The zero-order chi connectivity index (χ0) is 21.8. The molecule has 2 aromatic carbocycles. The molecule has 0 bridgehead atoms. The van der Waals surface area contributed by atoms with Crippen LogP contribution in [0.3, 0.4) is 0 Å². The molecule has 0 unspecified atom stereocenters. The van der Waals surface area contributed by atoms with Crippen LogP contribution in [0.2, 0.25) is 0 Å². The van der Waals surface area contributed by atoms with Crippen molar-refractivity contribution < 1.29 is 14.3 Å². The summed E-state index contributed by atoms with van der Waals surface area (Å²) in [5.41, 5.74) is 2.24. The summed E-state index contributed by atoms with van der Waals surface area (Å²) in [5.74, 6) is -1.20. The van der Waals surface area contributed by atoms with Crippen LogP contribution in [-0.2, 0) is 16.6 Å². The smallest absolute Gasteiger partial charge is 0.338 e. The SMILES string of the molecule is Cc1c(NC(=O)COC(=O)c2cccc(N(C)C)c2)c(=O)n(-c2ccccc2)n1C. The molecule has 8 heteroatoms. The molecule has 0 fully saturated rings. The average molecular weight is 408 g/mol. The number of amides is 1. The van der Waals surface area contributed by atoms with Gasteiger partial charge in [-0.2, -0.15) is 0 Å². The average Bonchev–Trinajstić information content (AvgIpc) is 2.95. The van der Waals surface area contributed by atoms with E-state index in [9.17, 15) is 14.4 Å². The minimum Gasteiger partial charge on any atom is -0.452 e. The Bertz CT molecular complexity index is 1130. The number of nitrogens with zero attached hydrogens (tertiary/aromatic N) is 3. The van der Waals surface area contributed by atoms with E-state index in [-0.39, 0.29) is 11.2 Å². The number of rotatable bonds is 6. The molecule has 0 saturated carbocycles. The normalized spacial score (nSPS) is 10.5.